The molecule has 0 bridgehead atoms. The van der Waals surface area contributed by atoms with E-state index in [4.69, 9.17) is 14.5 Å². The number of hydrogen-bond acceptors (Lipinski definition) is 7. The Balaban J connectivity index is 1.77. The molecule has 0 amide bonds. The number of pyridine rings is 1. The zero-order valence-corrected chi connectivity index (χ0v) is 17.2. The third kappa shape index (κ3) is 3.51. The van der Waals surface area contributed by atoms with E-state index >= 15 is 0 Å². The van der Waals surface area contributed by atoms with Gasteiger partial charge in [0.05, 0.1) is 22.4 Å². The highest BCUT2D eigenvalue weighted by atomic mass is 32.1. The van der Waals surface area contributed by atoms with E-state index in [1.807, 2.05) is 6.92 Å². The van der Waals surface area contributed by atoms with Crippen molar-refractivity contribution in [3.05, 3.63) is 23.1 Å². The fourth-order valence-corrected chi connectivity index (χ4v) is 4.79. The zero-order chi connectivity index (χ0) is 19.0. The summed E-state index contributed by atoms with van der Waals surface area (Å²) in [6, 6.07) is 0. The van der Waals surface area contributed by atoms with Crippen LogP contribution >= 0.6 is 11.3 Å². The molecule has 144 valence electrons. The highest BCUT2D eigenvalue weighted by Gasteiger charge is 2.30. The Hall–Kier alpha value is -1.83. The van der Waals surface area contributed by atoms with Crippen molar-refractivity contribution in [1.29, 1.82) is 0 Å². The van der Waals surface area contributed by atoms with Gasteiger partial charge in [0.25, 0.3) is 0 Å². The molecular formula is C20H26N4O2S. The second-order valence-corrected chi connectivity index (χ2v) is 8.54. The van der Waals surface area contributed by atoms with Crippen LogP contribution in [0.3, 0.4) is 0 Å². The van der Waals surface area contributed by atoms with Crippen molar-refractivity contribution >= 4 is 37.6 Å². The first-order chi connectivity index (χ1) is 13.0. The molecule has 3 aromatic heterocycles. The predicted octanol–water partition coefficient (Wildman–Crippen LogP) is 4.24. The lowest BCUT2D eigenvalue weighted by molar-refractivity contribution is -0.0400. The van der Waals surface area contributed by atoms with Crippen molar-refractivity contribution in [2.24, 2.45) is 0 Å². The summed E-state index contributed by atoms with van der Waals surface area (Å²) < 4.78 is 12.5. The van der Waals surface area contributed by atoms with Crippen LogP contribution < -0.4 is 5.32 Å². The highest BCUT2D eigenvalue weighted by molar-refractivity contribution is 7.26. The van der Waals surface area contributed by atoms with Crippen molar-refractivity contribution in [3.8, 4) is 0 Å². The van der Waals surface area contributed by atoms with Gasteiger partial charge in [-0.15, -0.1) is 11.3 Å². The van der Waals surface area contributed by atoms with E-state index in [0.29, 0.717) is 6.61 Å². The standard InChI is InChI=1S/C20H26N4O2S/c1-5-25-8-6-7-21-18-17-16(22-11-23-18)15-13-9-20(3,4)26-10-14(13)12(2)24-19(15)27-17/h11H,5-10H2,1-4H3,(H,21,22,23). The lowest BCUT2D eigenvalue weighted by atomic mass is 9.89. The molecule has 0 spiro atoms. The number of fused-ring (bicyclic) bond motifs is 5. The molecule has 0 aromatic carbocycles. The summed E-state index contributed by atoms with van der Waals surface area (Å²) in [6.07, 6.45) is 3.47. The summed E-state index contributed by atoms with van der Waals surface area (Å²) in [4.78, 5) is 15.0. The summed E-state index contributed by atoms with van der Waals surface area (Å²) in [5, 5.41) is 4.62. The second kappa shape index (κ2) is 7.30. The van der Waals surface area contributed by atoms with Gasteiger partial charge in [-0.1, -0.05) is 0 Å². The molecule has 7 heteroatoms. The Kier molecular flexibility index (Phi) is 5.01. The third-order valence-electron chi connectivity index (χ3n) is 5.00. The van der Waals surface area contributed by atoms with Crippen LogP contribution in [0.15, 0.2) is 6.33 Å². The van der Waals surface area contributed by atoms with Gasteiger partial charge >= 0.3 is 0 Å². The highest BCUT2D eigenvalue weighted by Crippen LogP contribution is 2.41. The zero-order valence-electron chi connectivity index (χ0n) is 16.4. The molecule has 1 aliphatic heterocycles. The van der Waals surface area contributed by atoms with Crippen LogP contribution in [0.4, 0.5) is 5.82 Å². The van der Waals surface area contributed by atoms with Crippen LogP contribution in [0.5, 0.6) is 0 Å². The molecule has 0 saturated carbocycles. The minimum atomic E-state index is -0.171. The number of ether oxygens (including phenoxy) is 2. The molecule has 0 aliphatic carbocycles. The molecule has 0 fully saturated rings. The van der Waals surface area contributed by atoms with E-state index in [9.17, 15) is 0 Å². The number of thiophene rings is 1. The minimum absolute atomic E-state index is 0.171. The molecule has 6 nitrogen and oxygen atoms in total. The van der Waals surface area contributed by atoms with Gasteiger partial charge in [-0.05, 0) is 39.7 Å². The molecule has 27 heavy (non-hydrogen) atoms. The lowest BCUT2D eigenvalue weighted by Gasteiger charge is -2.32. The van der Waals surface area contributed by atoms with Crippen molar-refractivity contribution < 1.29 is 9.47 Å². The first-order valence-corrected chi connectivity index (χ1v) is 10.3. The number of nitrogens with zero attached hydrogens (tertiary/aromatic N) is 3. The van der Waals surface area contributed by atoms with Crippen LogP contribution in [0, 0.1) is 6.92 Å². The molecule has 1 aliphatic rings. The number of anilines is 1. The topological polar surface area (TPSA) is 69.2 Å². The summed E-state index contributed by atoms with van der Waals surface area (Å²) >= 11 is 1.67. The Morgan fingerprint density at radius 3 is 2.96 bits per heavy atom. The van der Waals surface area contributed by atoms with Gasteiger partial charge in [-0.2, -0.15) is 0 Å². The predicted molar refractivity (Wildman–Crippen MR) is 110 cm³/mol. The van der Waals surface area contributed by atoms with Gasteiger partial charge in [0.2, 0.25) is 0 Å². The maximum Gasteiger partial charge on any atom is 0.147 e. The number of hydrogen-bond donors (Lipinski definition) is 1. The summed E-state index contributed by atoms with van der Waals surface area (Å²) in [5.74, 6) is 0.886. The summed E-state index contributed by atoms with van der Waals surface area (Å²) in [7, 11) is 0. The number of aromatic nitrogens is 3. The molecule has 3 aromatic rings. The first kappa shape index (κ1) is 18.5. The molecule has 4 heterocycles. The van der Waals surface area contributed by atoms with Crippen LogP contribution in [0.25, 0.3) is 20.4 Å². The monoisotopic (exact) mass is 386 g/mol. The first-order valence-electron chi connectivity index (χ1n) is 9.51. The van der Waals surface area contributed by atoms with E-state index in [-0.39, 0.29) is 5.60 Å². The normalized spacial score (nSPS) is 16.0. The van der Waals surface area contributed by atoms with E-state index in [1.54, 1.807) is 17.7 Å². The lowest BCUT2D eigenvalue weighted by Crippen LogP contribution is -2.32. The third-order valence-corrected chi connectivity index (χ3v) is 6.08. The summed E-state index contributed by atoms with van der Waals surface area (Å²) in [6.45, 7) is 11.3. The molecular weight excluding hydrogens is 360 g/mol. The van der Waals surface area contributed by atoms with Crippen LogP contribution in [0.2, 0.25) is 0 Å². The van der Waals surface area contributed by atoms with Gasteiger partial charge in [-0.25, -0.2) is 15.0 Å². The average molecular weight is 387 g/mol. The number of aryl methyl sites for hydroxylation is 1. The Morgan fingerprint density at radius 1 is 1.30 bits per heavy atom. The minimum Gasteiger partial charge on any atom is -0.382 e. The van der Waals surface area contributed by atoms with Gasteiger partial charge < -0.3 is 14.8 Å². The van der Waals surface area contributed by atoms with Gasteiger partial charge in [-0.3, -0.25) is 0 Å². The van der Waals surface area contributed by atoms with Gasteiger partial charge in [0.1, 0.15) is 17.0 Å². The van der Waals surface area contributed by atoms with E-state index in [1.165, 1.54) is 16.5 Å². The smallest absolute Gasteiger partial charge is 0.147 e. The van der Waals surface area contributed by atoms with E-state index < -0.39 is 0 Å². The quantitative estimate of drug-likeness (QED) is 0.639. The van der Waals surface area contributed by atoms with E-state index in [2.05, 4.69) is 36.1 Å². The molecule has 1 N–H and O–H groups in total. The molecule has 4 rings (SSSR count). The van der Waals surface area contributed by atoms with Crippen LogP contribution in [-0.4, -0.2) is 40.3 Å². The van der Waals surface area contributed by atoms with Crippen molar-refractivity contribution in [3.63, 3.8) is 0 Å². The van der Waals surface area contributed by atoms with Gasteiger partial charge in [0, 0.05) is 42.8 Å². The molecule has 0 unspecified atom stereocenters. The number of nitrogens with one attached hydrogen (secondary N) is 1. The molecule has 0 atom stereocenters. The van der Waals surface area contributed by atoms with Crippen molar-refractivity contribution in [2.45, 2.75) is 52.7 Å². The fourth-order valence-electron chi connectivity index (χ4n) is 3.62. The average Bonchev–Trinajstić information content (AvgIpc) is 2.99. The Labute approximate surface area is 163 Å². The second-order valence-electron chi connectivity index (χ2n) is 7.54. The maximum absolute atomic E-state index is 6.03. The maximum atomic E-state index is 6.03. The SMILES string of the molecule is CCOCCCNc1ncnc2c1sc1nc(C)c3c(c12)CC(C)(C)OC3. The molecule has 0 radical (unpaired) electrons. The van der Waals surface area contributed by atoms with Crippen LogP contribution in [0.1, 0.15) is 44.0 Å². The van der Waals surface area contributed by atoms with Gasteiger partial charge in [0.15, 0.2) is 0 Å². The summed E-state index contributed by atoms with van der Waals surface area (Å²) in [5.41, 5.74) is 4.43. The van der Waals surface area contributed by atoms with Crippen molar-refractivity contribution in [2.75, 3.05) is 25.1 Å². The Morgan fingerprint density at radius 2 is 2.15 bits per heavy atom. The molecule has 0 saturated heterocycles. The largest absolute Gasteiger partial charge is 0.382 e. The van der Waals surface area contributed by atoms with E-state index in [0.717, 1.165) is 59.2 Å². The van der Waals surface area contributed by atoms with Crippen molar-refractivity contribution in [1.82, 2.24) is 15.0 Å². The van der Waals surface area contributed by atoms with Crippen LogP contribution in [-0.2, 0) is 22.5 Å². The Bertz CT molecular complexity index is 983. The fraction of sp³-hybridized carbons (Fsp3) is 0.550. The number of rotatable bonds is 6.